The van der Waals surface area contributed by atoms with Crippen LogP contribution in [0.3, 0.4) is 0 Å². The molecule has 26 heavy (non-hydrogen) atoms. The minimum Gasteiger partial charge on any atom is -0.391 e. The molecule has 1 aromatic carbocycles. The van der Waals surface area contributed by atoms with Crippen LogP contribution >= 0.6 is 0 Å². The number of nitrogens with zero attached hydrogens (tertiary/aromatic N) is 3. The number of carbonyl (C=O) groups is 2. The predicted molar refractivity (Wildman–Crippen MR) is 98.2 cm³/mol. The molecule has 2 aromatic rings. The van der Waals surface area contributed by atoms with Gasteiger partial charge < -0.3 is 15.3 Å². The number of rotatable bonds is 3. The zero-order valence-electron chi connectivity index (χ0n) is 15.5. The number of anilines is 1. The quantitative estimate of drug-likeness (QED) is 0.877. The molecule has 1 aromatic heterocycles. The third-order valence-electron chi connectivity index (χ3n) is 4.85. The predicted octanol–water partition coefficient (Wildman–Crippen LogP) is 1.72. The van der Waals surface area contributed by atoms with Gasteiger partial charge in [0.15, 0.2) is 0 Å². The highest BCUT2D eigenvalue weighted by Gasteiger charge is 2.37. The van der Waals surface area contributed by atoms with Crippen LogP contribution in [-0.4, -0.2) is 50.3 Å². The third-order valence-corrected chi connectivity index (χ3v) is 4.85. The first-order valence-corrected chi connectivity index (χ1v) is 8.66. The van der Waals surface area contributed by atoms with Crippen molar-refractivity contribution >= 4 is 17.5 Å². The lowest BCUT2D eigenvalue weighted by molar-refractivity contribution is -0.134. The van der Waals surface area contributed by atoms with Crippen LogP contribution in [0.25, 0.3) is 5.69 Å². The maximum absolute atomic E-state index is 12.6. The summed E-state index contributed by atoms with van der Waals surface area (Å²) in [5, 5.41) is 17.1. The van der Waals surface area contributed by atoms with Gasteiger partial charge in [-0.1, -0.05) is 12.1 Å². The minimum absolute atomic E-state index is 0.189. The summed E-state index contributed by atoms with van der Waals surface area (Å²) in [6.45, 7) is 7.51. The topological polar surface area (TPSA) is 87.5 Å². The van der Waals surface area contributed by atoms with Gasteiger partial charge in [0, 0.05) is 19.9 Å². The van der Waals surface area contributed by atoms with Crippen molar-refractivity contribution in [3.63, 3.8) is 0 Å². The van der Waals surface area contributed by atoms with Gasteiger partial charge in [-0.3, -0.25) is 9.59 Å². The van der Waals surface area contributed by atoms with E-state index in [1.807, 2.05) is 39.0 Å². The Hall–Kier alpha value is -2.67. The molecule has 0 saturated carbocycles. The number of aryl methyl sites for hydroxylation is 2. The van der Waals surface area contributed by atoms with E-state index in [0.29, 0.717) is 5.69 Å². The maximum Gasteiger partial charge on any atom is 0.247 e. The fourth-order valence-corrected chi connectivity index (χ4v) is 3.35. The van der Waals surface area contributed by atoms with Crippen molar-refractivity contribution < 1.29 is 14.7 Å². The zero-order chi connectivity index (χ0) is 19.0. The maximum atomic E-state index is 12.6. The Kier molecular flexibility index (Phi) is 4.82. The van der Waals surface area contributed by atoms with Crippen molar-refractivity contribution in [3.8, 4) is 5.69 Å². The molecule has 2 heterocycles. The summed E-state index contributed by atoms with van der Waals surface area (Å²) < 4.78 is 1.80. The van der Waals surface area contributed by atoms with E-state index in [9.17, 15) is 14.7 Å². The first-order chi connectivity index (χ1) is 12.3. The van der Waals surface area contributed by atoms with Crippen LogP contribution in [0.15, 0.2) is 24.4 Å². The molecule has 2 amide bonds. The molecular formula is C19H24N4O3. The third kappa shape index (κ3) is 3.35. The number of aliphatic hydroxyl groups is 1. The van der Waals surface area contributed by atoms with Gasteiger partial charge in [-0.2, -0.15) is 5.10 Å². The second-order valence-electron chi connectivity index (χ2n) is 6.91. The van der Waals surface area contributed by atoms with Crippen LogP contribution in [0, 0.1) is 20.8 Å². The van der Waals surface area contributed by atoms with Crippen LogP contribution < -0.4 is 5.32 Å². The van der Waals surface area contributed by atoms with Crippen molar-refractivity contribution in [3.05, 3.63) is 41.2 Å². The first kappa shape index (κ1) is 18.1. The molecule has 0 aliphatic carbocycles. The smallest absolute Gasteiger partial charge is 0.247 e. The highest BCUT2D eigenvalue weighted by atomic mass is 16.3. The molecular weight excluding hydrogens is 332 g/mol. The molecule has 0 radical (unpaired) electrons. The van der Waals surface area contributed by atoms with Gasteiger partial charge in [-0.25, -0.2) is 4.68 Å². The molecule has 1 aliphatic heterocycles. The van der Waals surface area contributed by atoms with Gasteiger partial charge in [0.05, 0.1) is 29.4 Å². The summed E-state index contributed by atoms with van der Waals surface area (Å²) >= 11 is 0. The molecule has 1 saturated heterocycles. The number of benzene rings is 1. The van der Waals surface area contributed by atoms with E-state index < -0.39 is 12.1 Å². The highest BCUT2D eigenvalue weighted by Crippen LogP contribution is 2.24. The highest BCUT2D eigenvalue weighted by molar-refractivity contribution is 5.97. The zero-order valence-corrected chi connectivity index (χ0v) is 15.5. The fourth-order valence-electron chi connectivity index (χ4n) is 3.35. The number of nitrogens with one attached hydrogen (secondary N) is 1. The normalized spacial score (nSPS) is 19.7. The molecule has 1 aliphatic rings. The van der Waals surface area contributed by atoms with Crippen LogP contribution in [0.5, 0.6) is 0 Å². The Morgan fingerprint density at radius 1 is 1.27 bits per heavy atom. The van der Waals surface area contributed by atoms with Crippen LogP contribution in [0.4, 0.5) is 5.69 Å². The van der Waals surface area contributed by atoms with Crippen molar-refractivity contribution in [2.24, 2.45) is 0 Å². The molecule has 0 spiro atoms. The van der Waals surface area contributed by atoms with Crippen molar-refractivity contribution in [2.75, 3.05) is 11.9 Å². The average molecular weight is 356 g/mol. The molecule has 138 valence electrons. The lowest BCUT2D eigenvalue weighted by Gasteiger charge is -2.21. The average Bonchev–Trinajstić information content (AvgIpc) is 3.14. The van der Waals surface area contributed by atoms with Crippen LogP contribution in [-0.2, 0) is 9.59 Å². The summed E-state index contributed by atoms with van der Waals surface area (Å²) in [5.74, 6) is -0.523. The standard InChI is InChI=1S/C19H24N4O3/c1-11-5-6-12(2)17(7-11)23-13(3)16(9-20-23)21-19(26)18-8-15(25)10-22(18)14(4)24/h5-7,9,15,18,25H,8,10H2,1-4H3,(H,21,26)/t15-,18-/m1/s1. The van der Waals surface area contributed by atoms with Gasteiger partial charge in [0.1, 0.15) is 6.04 Å². The van der Waals surface area contributed by atoms with Gasteiger partial charge in [0.2, 0.25) is 11.8 Å². The van der Waals surface area contributed by atoms with E-state index >= 15 is 0 Å². The Balaban J connectivity index is 1.83. The molecule has 0 bridgehead atoms. The summed E-state index contributed by atoms with van der Waals surface area (Å²) in [6.07, 6.45) is 1.18. The van der Waals surface area contributed by atoms with E-state index in [1.165, 1.54) is 11.8 Å². The SMILES string of the molecule is CC(=O)N1C[C@H](O)C[C@@H]1C(=O)Nc1cnn(-c2cc(C)ccc2C)c1C. The largest absolute Gasteiger partial charge is 0.391 e. The second kappa shape index (κ2) is 6.92. The number of amides is 2. The summed E-state index contributed by atoms with van der Waals surface area (Å²) in [4.78, 5) is 25.8. The Labute approximate surface area is 152 Å². The lowest BCUT2D eigenvalue weighted by Crippen LogP contribution is -2.42. The van der Waals surface area contributed by atoms with Crippen LogP contribution in [0.2, 0.25) is 0 Å². The molecule has 2 N–H and O–H groups in total. The molecule has 0 unspecified atom stereocenters. The fraction of sp³-hybridized carbons (Fsp3) is 0.421. The van der Waals surface area contributed by atoms with Gasteiger partial charge in [0.25, 0.3) is 0 Å². The van der Waals surface area contributed by atoms with Gasteiger partial charge >= 0.3 is 0 Å². The summed E-state index contributed by atoms with van der Waals surface area (Å²) in [5.41, 5.74) is 4.58. The minimum atomic E-state index is -0.673. The Bertz CT molecular complexity index is 858. The van der Waals surface area contributed by atoms with Crippen LogP contribution in [0.1, 0.15) is 30.2 Å². The Morgan fingerprint density at radius 3 is 2.69 bits per heavy atom. The monoisotopic (exact) mass is 356 g/mol. The summed E-state index contributed by atoms with van der Waals surface area (Å²) in [6, 6.07) is 5.47. The van der Waals surface area contributed by atoms with Gasteiger partial charge in [-0.15, -0.1) is 0 Å². The Morgan fingerprint density at radius 2 is 2.00 bits per heavy atom. The molecule has 2 atom stereocenters. The van der Waals surface area contributed by atoms with E-state index in [-0.39, 0.29) is 24.8 Å². The molecule has 3 rings (SSSR count). The number of aliphatic hydroxyl groups excluding tert-OH is 1. The van der Waals surface area contributed by atoms with E-state index in [0.717, 1.165) is 22.5 Å². The number of hydrogen-bond donors (Lipinski definition) is 2. The van der Waals surface area contributed by atoms with Gasteiger partial charge in [-0.05, 0) is 38.0 Å². The van der Waals surface area contributed by atoms with Crippen molar-refractivity contribution in [2.45, 2.75) is 46.3 Å². The number of β-amino-alcohol motifs (C(OH)–C–C–N with tert-alkyl or cyclic N) is 1. The van der Waals surface area contributed by atoms with Crippen molar-refractivity contribution in [1.82, 2.24) is 14.7 Å². The number of aromatic nitrogens is 2. The van der Waals surface area contributed by atoms with E-state index in [4.69, 9.17) is 0 Å². The molecule has 7 nitrogen and oxygen atoms in total. The summed E-state index contributed by atoms with van der Waals surface area (Å²) in [7, 11) is 0. The lowest BCUT2D eigenvalue weighted by atomic mass is 10.1. The number of hydrogen-bond acceptors (Lipinski definition) is 4. The molecule has 1 fully saturated rings. The molecule has 7 heteroatoms. The number of carbonyl (C=O) groups excluding carboxylic acids is 2. The van der Waals surface area contributed by atoms with E-state index in [1.54, 1.807) is 10.9 Å². The van der Waals surface area contributed by atoms with Crippen molar-refractivity contribution in [1.29, 1.82) is 0 Å². The second-order valence-corrected chi connectivity index (χ2v) is 6.91. The van der Waals surface area contributed by atoms with E-state index in [2.05, 4.69) is 10.4 Å². The first-order valence-electron chi connectivity index (χ1n) is 8.66. The number of likely N-dealkylation sites (tertiary alicyclic amines) is 1.